The minimum Gasteiger partial charge on any atom is -0.489 e. The number of carbonyl (C=O) groups is 1. The Hall–Kier alpha value is -4.01. The molecule has 0 bridgehead atoms. The number of thiazole rings is 1. The highest BCUT2D eigenvalue weighted by Gasteiger charge is 2.33. The lowest BCUT2D eigenvalue weighted by Gasteiger charge is -2.25. The zero-order valence-electron chi connectivity index (χ0n) is 22.1. The van der Waals surface area contributed by atoms with E-state index in [1.807, 2.05) is 42.5 Å². The van der Waals surface area contributed by atoms with Crippen molar-refractivity contribution < 1.29 is 18.7 Å². The second-order valence-electron chi connectivity index (χ2n) is 9.51. The highest BCUT2D eigenvalue weighted by Crippen LogP contribution is 2.32. The molecule has 1 atom stereocenters. The van der Waals surface area contributed by atoms with Gasteiger partial charge in [0.25, 0.3) is 5.56 Å². The van der Waals surface area contributed by atoms with E-state index in [1.165, 1.54) is 22.8 Å². The van der Waals surface area contributed by atoms with Crippen molar-refractivity contribution in [1.29, 1.82) is 0 Å². The molecule has 2 heterocycles. The Bertz CT molecular complexity index is 1760. The molecule has 3 aromatic carbocycles. The fourth-order valence-electron chi connectivity index (χ4n) is 4.44. The number of nitrogens with zero attached hydrogens (tertiary/aromatic N) is 2. The number of aromatic nitrogens is 1. The number of carbonyl (C=O) groups excluding carboxylic acids is 1. The Morgan fingerprint density at radius 2 is 1.82 bits per heavy atom. The van der Waals surface area contributed by atoms with Crippen LogP contribution in [0.3, 0.4) is 0 Å². The average Bonchev–Trinajstić information content (AvgIpc) is 3.23. The predicted molar refractivity (Wildman–Crippen MR) is 154 cm³/mol. The van der Waals surface area contributed by atoms with Crippen LogP contribution < -0.4 is 19.6 Å². The molecule has 0 N–H and O–H groups in total. The lowest BCUT2D eigenvalue weighted by Crippen LogP contribution is -2.40. The molecule has 0 amide bonds. The molecule has 4 aromatic rings. The molecule has 1 aromatic heterocycles. The standard InChI is InChI=1S/C31H26ClFN2O4S/c1-18(2)39-30(37)27-19(3)34-31-35(29(36)26(40-31)16-23-24(32)10-7-11-25(23)33)28(27)21-12-14-22(15-13-21)38-17-20-8-5-4-6-9-20/h4-16,18,28H,17H2,1-3H3. The third-order valence-corrected chi connectivity index (χ3v) is 7.62. The molecule has 9 heteroatoms. The maximum Gasteiger partial charge on any atom is 0.338 e. The van der Waals surface area contributed by atoms with Crippen molar-refractivity contribution in [1.82, 2.24) is 4.57 Å². The van der Waals surface area contributed by atoms with Gasteiger partial charge in [-0.2, -0.15) is 0 Å². The number of rotatable bonds is 7. The van der Waals surface area contributed by atoms with Gasteiger partial charge in [0.2, 0.25) is 0 Å². The van der Waals surface area contributed by atoms with Crippen LogP contribution in [0.25, 0.3) is 6.08 Å². The Morgan fingerprint density at radius 3 is 2.50 bits per heavy atom. The highest BCUT2D eigenvalue weighted by molar-refractivity contribution is 7.07. The third kappa shape index (κ3) is 5.64. The number of ether oxygens (including phenoxy) is 2. The van der Waals surface area contributed by atoms with E-state index < -0.39 is 23.4 Å². The molecule has 6 nitrogen and oxygen atoms in total. The van der Waals surface area contributed by atoms with E-state index in [0.29, 0.717) is 28.4 Å². The second-order valence-corrected chi connectivity index (χ2v) is 10.9. The quantitative estimate of drug-likeness (QED) is 0.270. The molecule has 5 rings (SSSR count). The molecular weight excluding hydrogens is 551 g/mol. The van der Waals surface area contributed by atoms with Crippen LogP contribution in [0, 0.1) is 5.82 Å². The van der Waals surface area contributed by atoms with E-state index in [4.69, 9.17) is 21.1 Å². The molecule has 1 aliphatic heterocycles. The summed E-state index contributed by atoms with van der Waals surface area (Å²) in [6, 6.07) is 20.6. The summed E-state index contributed by atoms with van der Waals surface area (Å²) in [7, 11) is 0. The van der Waals surface area contributed by atoms with Crippen LogP contribution in [0.2, 0.25) is 5.02 Å². The van der Waals surface area contributed by atoms with Gasteiger partial charge in [0, 0.05) is 5.56 Å². The van der Waals surface area contributed by atoms with Crippen molar-refractivity contribution in [2.24, 2.45) is 4.99 Å². The van der Waals surface area contributed by atoms with Crippen molar-refractivity contribution in [3.05, 3.63) is 131 Å². The van der Waals surface area contributed by atoms with Crippen molar-refractivity contribution in [3.63, 3.8) is 0 Å². The van der Waals surface area contributed by atoms with E-state index in [0.717, 1.165) is 16.9 Å². The average molecular weight is 577 g/mol. The van der Waals surface area contributed by atoms with E-state index in [1.54, 1.807) is 39.0 Å². The zero-order valence-corrected chi connectivity index (χ0v) is 23.6. The minimum absolute atomic E-state index is 0.112. The summed E-state index contributed by atoms with van der Waals surface area (Å²) in [5.41, 5.74) is 2.10. The maximum absolute atomic E-state index is 14.5. The predicted octanol–water partition coefficient (Wildman–Crippen LogP) is 5.56. The first-order chi connectivity index (χ1) is 19.2. The van der Waals surface area contributed by atoms with Gasteiger partial charge >= 0.3 is 5.97 Å². The van der Waals surface area contributed by atoms with Crippen LogP contribution in [0.4, 0.5) is 4.39 Å². The van der Waals surface area contributed by atoms with Gasteiger partial charge in [0.1, 0.15) is 18.2 Å². The first-order valence-electron chi connectivity index (χ1n) is 12.7. The molecule has 40 heavy (non-hydrogen) atoms. The first-order valence-corrected chi connectivity index (χ1v) is 13.9. The third-order valence-electron chi connectivity index (χ3n) is 6.30. The summed E-state index contributed by atoms with van der Waals surface area (Å²) in [4.78, 5) is 32.0. The van der Waals surface area contributed by atoms with E-state index in [-0.39, 0.29) is 26.8 Å². The van der Waals surface area contributed by atoms with Gasteiger partial charge < -0.3 is 9.47 Å². The normalized spacial score (nSPS) is 15.2. The minimum atomic E-state index is -0.802. The van der Waals surface area contributed by atoms with Gasteiger partial charge in [0.15, 0.2) is 4.80 Å². The molecule has 1 aliphatic rings. The number of halogens is 2. The van der Waals surface area contributed by atoms with E-state index in [9.17, 15) is 14.0 Å². The molecule has 0 aliphatic carbocycles. The fourth-order valence-corrected chi connectivity index (χ4v) is 5.69. The summed E-state index contributed by atoms with van der Waals surface area (Å²) < 4.78 is 27.7. The zero-order chi connectivity index (χ0) is 28.4. The summed E-state index contributed by atoms with van der Waals surface area (Å²) in [5.74, 6) is -0.461. The molecule has 0 radical (unpaired) electrons. The Morgan fingerprint density at radius 1 is 1.10 bits per heavy atom. The Balaban J connectivity index is 1.59. The van der Waals surface area contributed by atoms with Crippen LogP contribution in [0.1, 0.15) is 43.5 Å². The molecular formula is C31H26ClFN2O4S. The summed E-state index contributed by atoms with van der Waals surface area (Å²) in [6.07, 6.45) is 1.06. The number of benzene rings is 3. The van der Waals surface area contributed by atoms with Crippen LogP contribution in [0.15, 0.2) is 93.9 Å². The van der Waals surface area contributed by atoms with Gasteiger partial charge in [0.05, 0.1) is 33.0 Å². The molecule has 0 saturated carbocycles. The summed E-state index contributed by atoms with van der Waals surface area (Å²) in [6.45, 7) is 5.63. The van der Waals surface area contributed by atoms with Gasteiger partial charge in [-0.15, -0.1) is 0 Å². The van der Waals surface area contributed by atoms with Crippen LogP contribution in [0.5, 0.6) is 5.75 Å². The van der Waals surface area contributed by atoms with Gasteiger partial charge in [-0.1, -0.05) is 71.5 Å². The number of hydrogen-bond acceptors (Lipinski definition) is 6. The SMILES string of the molecule is CC1=C(C(=O)OC(C)C)C(c2ccc(OCc3ccccc3)cc2)n2c(sc(=Cc3c(F)cccc3Cl)c2=O)=N1. The number of esters is 1. The van der Waals surface area contributed by atoms with Crippen molar-refractivity contribution in [2.45, 2.75) is 39.5 Å². The van der Waals surface area contributed by atoms with Crippen molar-refractivity contribution >= 4 is 35.0 Å². The Labute approximate surface area is 239 Å². The van der Waals surface area contributed by atoms with Crippen LogP contribution >= 0.6 is 22.9 Å². The van der Waals surface area contributed by atoms with Gasteiger partial charge in [-0.25, -0.2) is 14.2 Å². The van der Waals surface area contributed by atoms with Crippen LogP contribution in [-0.2, 0) is 16.1 Å². The highest BCUT2D eigenvalue weighted by atomic mass is 35.5. The molecule has 0 fully saturated rings. The molecule has 204 valence electrons. The molecule has 1 unspecified atom stereocenters. The largest absolute Gasteiger partial charge is 0.489 e. The van der Waals surface area contributed by atoms with Crippen molar-refractivity contribution in [3.8, 4) is 5.75 Å². The van der Waals surface area contributed by atoms with Crippen LogP contribution in [-0.4, -0.2) is 16.6 Å². The van der Waals surface area contributed by atoms with Crippen molar-refractivity contribution in [2.75, 3.05) is 0 Å². The second kappa shape index (κ2) is 11.6. The molecule has 0 saturated heterocycles. The van der Waals surface area contributed by atoms with E-state index >= 15 is 0 Å². The summed E-state index contributed by atoms with van der Waals surface area (Å²) >= 11 is 7.32. The monoisotopic (exact) mass is 576 g/mol. The fraction of sp³-hybridized carbons (Fsp3) is 0.194. The van der Waals surface area contributed by atoms with E-state index in [2.05, 4.69) is 4.99 Å². The smallest absolute Gasteiger partial charge is 0.338 e. The Kier molecular flexibility index (Phi) is 8.00. The first kappa shape index (κ1) is 27.6. The number of allylic oxidation sites excluding steroid dienone is 1. The number of hydrogen-bond donors (Lipinski definition) is 0. The summed E-state index contributed by atoms with van der Waals surface area (Å²) in [5, 5.41) is 0.186. The number of fused-ring (bicyclic) bond motifs is 1. The van der Waals surface area contributed by atoms with Gasteiger partial charge in [-0.3, -0.25) is 9.36 Å². The van der Waals surface area contributed by atoms with Gasteiger partial charge in [-0.05, 0) is 62.2 Å². The molecule has 0 spiro atoms. The lowest BCUT2D eigenvalue weighted by molar-refractivity contribution is -0.143. The topological polar surface area (TPSA) is 69.9 Å². The maximum atomic E-state index is 14.5. The lowest BCUT2D eigenvalue weighted by atomic mass is 9.96.